The van der Waals surface area contributed by atoms with Crippen LogP contribution in [0.5, 0.6) is 5.75 Å². The van der Waals surface area contributed by atoms with Gasteiger partial charge in [-0.15, -0.1) is 0 Å². The highest BCUT2D eigenvalue weighted by molar-refractivity contribution is 5.87. The third-order valence-electron chi connectivity index (χ3n) is 7.91. The van der Waals surface area contributed by atoms with E-state index in [0.29, 0.717) is 29.7 Å². The zero-order valence-electron chi connectivity index (χ0n) is 20.8. The van der Waals surface area contributed by atoms with Crippen molar-refractivity contribution in [2.24, 2.45) is 11.8 Å². The molecule has 2 aromatic heterocycles. The lowest BCUT2D eigenvalue weighted by Crippen LogP contribution is -2.28. The molecule has 6 rings (SSSR count). The number of carboxylic acids is 1. The van der Waals surface area contributed by atoms with Gasteiger partial charge in [0, 0.05) is 36.3 Å². The summed E-state index contributed by atoms with van der Waals surface area (Å²) >= 11 is 0. The van der Waals surface area contributed by atoms with Gasteiger partial charge >= 0.3 is 12.6 Å². The Morgan fingerprint density at radius 3 is 2.66 bits per heavy atom. The predicted octanol–water partition coefficient (Wildman–Crippen LogP) is 5.74. The number of aromatic carboxylic acids is 1. The molecule has 0 bridgehead atoms. The number of anilines is 1. The fourth-order valence-electron chi connectivity index (χ4n) is 5.83. The van der Waals surface area contributed by atoms with Crippen LogP contribution in [0.4, 0.5) is 14.6 Å². The topological polar surface area (TPSA) is 97.9 Å². The van der Waals surface area contributed by atoms with E-state index in [1.54, 1.807) is 30.3 Å². The maximum absolute atomic E-state index is 13.0. The van der Waals surface area contributed by atoms with Gasteiger partial charge in [0.15, 0.2) is 0 Å². The molecule has 0 radical (unpaired) electrons. The van der Waals surface area contributed by atoms with Crippen LogP contribution in [0.15, 0.2) is 47.1 Å². The van der Waals surface area contributed by atoms with Crippen molar-refractivity contribution in [2.45, 2.75) is 57.3 Å². The van der Waals surface area contributed by atoms with E-state index in [0.717, 1.165) is 62.3 Å². The number of halogens is 2. The summed E-state index contributed by atoms with van der Waals surface area (Å²) in [5.74, 6) is 1.96. The highest BCUT2D eigenvalue weighted by atomic mass is 19.3. The first kappa shape index (κ1) is 24.8. The van der Waals surface area contributed by atoms with Crippen LogP contribution in [0.2, 0.25) is 0 Å². The number of ether oxygens (including phenoxy) is 2. The second-order valence-electron chi connectivity index (χ2n) is 10.4. The van der Waals surface area contributed by atoms with Crippen LogP contribution in [0.3, 0.4) is 0 Å². The first-order chi connectivity index (χ1) is 18.5. The number of alkyl halides is 2. The van der Waals surface area contributed by atoms with E-state index < -0.39 is 12.6 Å². The lowest BCUT2D eigenvalue weighted by Gasteiger charge is -2.30. The minimum absolute atomic E-state index is 0.0657. The van der Waals surface area contributed by atoms with Gasteiger partial charge in [0.1, 0.15) is 23.0 Å². The highest BCUT2D eigenvalue weighted by Crippen LogP contribution is 2.46. The second kappa shape index (κ2) is 10.3. The quantitative estimate of drug-likeness (QED) is 0.378. The summed E-state index contributed by atoms with van der Waals surface area (Å²) in [5, 5.41) is 13.4. The van der Waals surface area contributed by atoms with E-state index in [1.807, 2.05) is 0 Å². The van der Waals surface area contributed by atoms with E-state index in [9.17, 15) is 13.6 Å². The molecule has 2 aliphatic carbocycles. The third kappa shape index (κ3) is 5.09. The van der Waals surface area contributed by atoms with Crippen LogP contribution in [-0.2, 0) is 11.3 Å². The number of pyridine rings is 1. The Labute approximate surface area is 218 Å². The Hall–Kier alpha value is -3.53. The Kier molecular flexibility index (Phi) is 6.73. The number of carboxylic acid groups (broad SMARTS) is 1. The molecule has 3 aliphatic rings. The molecular weight excluding hydrogens is 496 g/mol. The van der Waals surface area contributed by atoms with Gasteiger partial charge in [-0.25, -0.2) is 9.78 Å². The van der Waals surface area contributed by atoms with Crippen molar-refractivity contribution in [1.29, 1.82) is 0 Å². The largest absolute Gasteiger partial charge is 0.478 e. The predicted molar refractivity (Wildman–Crippen MR) is 133 cm³/mol. The van der Waals surface area contributed by atoms with E-state index >= 15 is 0 Å². The molecule has 1 aromatic carbocycles. The molecule has 3 fully saturated rings. The van der Waals surface area contributed by atoms with Crippen LogP contribution < -0.4 is 9.64 Å². The molecule has 1 saturated heterocycles. The number of hydrogen-bond acceptors (Lipinski definition) is 7. The number of para-hydroxylation sites is 1. The zero-order chi connectivity index (χ0) is 26.2. The van der Waals surface area contributed by atoms with Gasteiger partial charge in [-0.3, -0.25) is 0 Å². The fraction of sp³-hybridized carbons (Fsp3) is 0.464. The first-order valence-corrected chi connectivity index (χ1v) is 13.0. The van der Waals surface area contributed by atoms with Crippen molar-refractivity contribution in [3.8, 4) is 17.0 Å². The SMILES string of the molecule is O=C(O)c1ccc(N2C[C@H]3CC[C@H](OCc4c(-c5ccccc5OC(F)F)noc4C4CC4)C[C@H]3C2)nc1. The third-order valence-corrected chi connectivity index (χ3v) is 7.91. The van der Waals surface area contributed by atoms with E-state index in [-0.39, 0.29) is 23.3 Å². The summed E-state index contributed by atoms with van der Waals surface area (Å²) in [6, 6.07) is 10.0. The van der Waals surface area contributed by atoms with E-state index in [4.69, 9.17) is 19.1 Å². The maximum Gasteiger partial charge on any atom is 0.387 e. The summed E-state index contributed by atoms with van der Waals surface area (Å²) in [6.07, 6.45) is 6.40. The molecule has 3 atom stereocenters. The lowest BCUT2D eigenvalue weighted by atomic mass is 9.80. The number of rotatable bonds is 9. The number of aromatic nitrogens is 2. The molecule has 0 amide bonds. The molecule has 0 spiro atoms. The molecule has 8 nitrogen and oxygen atoms in total. The molecule has 3 heterocycles. The molecule has 2 saturated carbocycles. The van der Waals surface area contributed by atoms with Gasteiger partial charge in [-0.05, 0) is 68.2 Å². The second-order valence-corrected chi connectivity index (χ2v) is 10.4. The van der Waals surface area contributed by atoms with Crippen LogP contribution in [0, 0.1) is 11.8 Å². The monoisotopic (exact) mass is 525 g/mol. The zero-order valence-corrected chi connectivity index (χ0v) is 20.8. The molecule has 1 aliphatic heterocycles. The van der Waals surface area contributed by atoms with Crippen LogP contribution >= 0.6 is 0 Å². The van der Waals surface area contributed by atoms with Crippen molar-refractivity contribution in [3.05, 3.63) is 59.5 Å². The molecular formula is C28H29F2N3O5. The number of carbonyl (C=O) groups is 1. The van der Waals surface area contributed by atoms with Crippen LogP contribution in [0.25, 0.3) is 11.3 Å². The van der Waals surface area contributed by atoms with Gasteiger partial charge in [-0.1, -0.05) is 17.3 Å². The Morgan fingerprint density at radius 2 is 1.92 bits per heavy atom. The van der Waals surface area contributed by atoms with Crippen molar-refractivity contribution in [3.63, 3.8) is 0 Å². The van der Waals surface area contributed by atoms with Crippen molar-refractivity contribution in [2.75, 3.05) is 18.0 Å². The summed E-state index contributed by atoms with van der Waals surface area (Å²) in [7, 11) is 0. The minimum Gasteiger partial charge on any atom is -0.478 e. The molecule has 3 aromatic rings. The Balaban J connectivity index is 1.14. The fourth-order valence-corrected chi connectivity index (χ4v) is 5.83. The van der Waals surface area contributed by atoms with E-state index in [2.05, 4.69) is 15.0 Å². The van der Waals surface area contributed by atoms with Crippen molar-refractivity contribution < 1.29 is 32.7 Å². The van der Waals surface area contributed by atoms with Gasteiger partial charge in [0.25, 0.3) is 0 Å². The summed E-state index contributed by atoms with van der Waals surface area (Å²) in [4.78, 5) is 17.7. The molecule has 0 unspecified atom stereocenters. The maximum atomic E-state index is 13.0. The Morgan fingerprint density at radius 1 is 1.11 bits per heavy atom. The average Bonchev–Trinajstić information content (AvgIpc) is 3.53. The van der Waals surface area contributed by atoms with Gasteiger partial charge in [0.2, 0.25) is 0 Å². The van der Waals surface area contributed by atoms with Gasteiger partial charge in [0.05, 0.1) is 18.3 Å². The normalized spacial score (nSPS) is 23.0. The van der Waals surface area contributed by atoms with Crippen molar-refractivity contribution >= 4 is 11.8 Å². The standard InChI is InChI=1S/C28H29F2N3O5/c29-28(30)37-23-4-2-1-3-21(23)25-22(26(38-32-25)16-5-6-16)15-36-20-9-7-18-13-33(14-19(18)11-20)24-10-8-17(12-31-24)27(34)35/h1-4,8,10,12,16,18-20,28H,5-7,9,11,13-15H2,(H,34,35)/t18-,19+,20+/m1/s1. The number of nitrogens with zero attached hydrogens (tertiary/aromatic N) is 3. The molecule has 1 N–H and O–H groups in total. The molecule has 200 valence electrons. The smallest absolute Gasteiger partial charge is 0.387 e. The van der Waals surface area contributed by atoms with Crippen LogP contribution in [0.1, 0.15) is 59.7 Å². The lowest BCUT2D eigenvalue weighted by molar-refractivity contribution is -0.0494. The summed E-state index contributed by atoms with van der Waals surface area (Å²) in [5.41, 5.74) is 1.97. The number of benzene rings is 1. The average molecular weight is 526 g/mol. The van der Waals surface area contributed by atoms with E-state index in [1.165, 1.54) is 12.3 Å². The van der Waals surface area contributed by atoms with Gasteiger partial charge < -0.3 is 24.0 Å². The summed E-state index contributed by atoms with van der Waals surface area (Å²) < 4.78 is 42.9. The number of hydrogen-bond donors (Lipinski definition) is 1. The van der Waals surface area contributed by atoms with Gasteiger partial charge in [-0.2, -0.15) is 8.78 Å². The highest BCUT2D eigenvalue weighted by Gasteiger charge is 2.39. The summed E-state index contributed by atoms with van der Waals surface area (Å²) in [6.45, 7) is -0.873. The minimum atomic E-state index is -2.93. The Bertz CT molecular complexity index is 1290. The number of fused-ring (bicyclic) bond motifs is 1. The first-order valence-electron chi connectivity index (χ1n) is 13.0. The molecule has 38 heavy (non-hydrogen) atoms. The molecule has 10 heteroatoms. The van der Waals surface area contributed by atoms with Crippen molar-refractivity contribution in [1.82, 2.24) is 10.1 Å². The van der Waals surface area contributed by atoms with Crippen LogP contribution in [-0.4, -0.2) is 47.0 Å².